The molecule has 1 aromatic heterocycles. The zero-order valence-corrected chi connectivity index (χ0v) is 10.7. The van der Waals surface area contributed by atoms with Gasteiger partial charge in [-0.2, -0.15) is 0 Å². The molecule has 96 valence electrons. The van der Waals surface area contributed by atoms with Crippen molar-refractivity contribution in [3.8, 4) is 5.75 Å². The van der Waals surface area contributed by atoms with Crippen LogP contribution in [0.25, 0.3) is 10.9 Å². The number of aromatic nitrogens is 1. The highest BCUT2D eigenvalue weighted by atomic mass is 35.7. The maximum atomic E-state index is 12.1. The van der Waals surface area contributed by atoms with Crippen LogP contribution in [-0.2, 0) is 9.05 Å². The summed E-state index contributed by atoms with van der Waals surface area (Å²) in [6.07, 6.45) is 1.45. The zero-order chi connectivity index (χ0) is 13.2. The van der Waals surface area contributed by atoms with Crippen molar-refractivity contribution in [2.75, 3.05) is 13.3 Å². The largest absolute Gasteiger partial charge is 0.490 e. The van der Waals surface area contributed by atoms with Gasteiger partial charge in [-0.3, -0.25) is 4.98 Å². The van der Waals surface area contributed by atoms with Gasteiger partial charge in [0.25, 0.3) is 9.05 Å². The van der Waals surface area contributed by atoms with Crippen LogP contribution in [0.15, 0.2) is 35.4 Å². The summed E-state index contributed by atoms with van der Waals surface area (Å²) < 4.78 is 40.1. The van der Waals surface area contributed by atoms with Crippen molar-refractivity contribution in [3.63, 3.8) is 0 Å². The Bertz CT molecular complexity index is 675. The summed E-state index contributed by atoms with van der Waals surface area (Å²) in [6.45, 7) is -0.728. The standard InChI is InChI=1S/C11H9ClFNO3S/c12-18(15,16)10-4-3-9(17-7-5-13)8-2-1-6-14-11(8)10/h1-4,6H,5,7H2. The van der Waals surface area contributed by atoms with E-state index in [1.165, 1.54) is 18.3 Å². The Kier molecular flexibility index (Phi) is 3.68. The molecule has 0 fully saturated rings. The lowest BCUT2D eigenvalue weighted by Crippen LogP contribution is -2.01. The number of halogens is 2. The molecule has 1 heterocycles. The summed E-state index contributed by atoms with van der Waals surface area (Å²) >= 11 is 0. The van der Waals surface area contributed by atoms with Crippen LogP contribution < -0.4 is 4.74 Å². The number of alkyl halides is 1. The molecule has 7 heteroatoms. The molecule has 2 rings (SSSR count). The van der Waals surface area contributed by atoms with Crippen molar-refractivity contribution in [3.05, 3.63) is 30.5 Å². The molecule has 0 radical (unpaired) electrons. The Hall–Kier alpha value is -1.40. The van der Waals surface area contributed by atoms with Gasteiger partial charge in [-0.25, -0.2) is 12.8 Å². The average Bonchev–Trinajstić information content (AvgIpc) is 2.34. The van der Waals surface area contributed by atoms with E-state index >= 15 is 0 Å². The van der Waals surface area contributed by atoms with E-state index < -0.39 is 15.7 Å². The second-order valence-corrected chi connectivity index (χ2v) is 5.97. The molecule has 0 atom stereocenters. The molecule has 0 aliphatic carbocycles. The van der Waals surface area contributed by atoms with Gasteiger partial charge in [-0.1, -0.05) is 0 Å². The predicted octanol–water partition coefficient (Wildman–Crippen LogP) is 2.51. The molecule has 1 aromatic carbocycles. The summed E-state index contributed by atoms with van der Waals surface area (Å²) in [5, 5.41) is 0.479. The van der Waals surface area contributed by atoms with E-state index in [0.29, 0.717) is 11.1 Å². The fourth-order valence-corrected chi connectivity index (χ4v) is 2.59. The first-order chi connectivity index (χ1) is 8.54. The molecule has 2 aromatic rings. The number of benzene rings is 1. The monoisotopic (exact) mass is 289 g/mol. The van der Waals surface area contributed by atoms with Crippen molar-refractivity contribution >= 4 is 30.6 Å². The van der Waals surface area contributed by atoms with Gasteiger partial charge in [0.1, 0.15) is 23.9 Å². The van der Waals surface area contributed by atoms with E-state index in [1.807, 2.05) is 0 Å². The topological polar surface area (TPSA) is 56.3 Å². The lowest BCUT2D eigenvalue weighted by atomic mass is 10.2. The molecule has 0 N–H and O–H groups in total. The van der Waals surface area contributed by atoms with E-state index in [0.717, 1.165) is 0 Å². The highest BCUT2D eigenvalue weighted by Crippen LogP contribution is 2.31. The van der Waals surface area contributed by atoms with Crippen LogP contribution in [0, 0.1) is 0 Å². The Labute approximate surface area is 108 Å². The maximum Gasteiger partial charge on any atom is 0.263 e. The maximum absolute atomic E-state index is 12.1. The first kappa shape index (κ1) is 13.0. The van der Waals surface area contributed by atoms with Crippen molar-refractivity contribution in [2.45, 2.75) is 4.90 Å². The molecule has 0 saturated carbocycles. The summed E-state index contributed by atoms with van der Waals surface area (Å²) in [6, 6.07) is 6.01. The summed E-state index contributed by atoms with van der Waals surface area (Å²) in [5.41, 5.74) is 0.212. The Balaban J connectivity index is 2.66. The van der Waals surface area contributed by atoms with Crippen molar-refractivity contribution in [1.29, 1.82) is 0 Å². The van der Waals surface area contributed by atoms with Crippen LogP contribution in [0.2, 0.25) is 0 Å². The Morgan fingerprint density at radius 1 is 1.33 bits per heavy atom. The zero-order valence-electron chi connectivity index (χ0n) is 9.14. The van der Waals surface area contributed by atoms with Gasteiger partial charge in [0, 0.05) is 22.3 Å². The van der Waals surface area contributed by atoms with Gasteiger partial charge in [0.2, 0.25) is 0 Å². The predicted molar refractivity (Wildman–Crippen MR) is 66.3 cm³/mol. The number of rotatable bonds is 4. The Morgan fingerprint density at radius 2 is 2.11 bits per heavy atom. The summed E-state index contributed by atoms with van der Waals surface area (Å²) in [4.78, 5) is 3.89. The minimum atomic E-state index is -3.89. The average molecular weight is 290 g/mol. The van der Waals surface area contributed by atoms with Crippen LogP contribution in [0.4, 0.5) is 4.39 Å². The molecule has 0 aliphatic rings. The molecule has 0 aliphatic heterocycles. The molecular weight excluding hydrogens is 281 g/mol. The third-order valence-electron chi connectivity index (χ3n) is 2.29. The molecule has 18 heavy (non-hydrogen) atoms. The molecule has 0 unspecified atom stereocenters. The second kappa shape index (κ2) is 5.07. The van der Waals surface area contributed by atoms with Crippen molar-refractivity contribution in [2.24, 2.45) is 0 Å². The van der Waals surface area contributed by atoms with Crippen LogP contribution in [0.3, 0.4) is 0 Å². The van der Waals surface area contributed by atoms with Gasteiger partial charge in [-0.05, 0) is 24.3 Å². The highest BCUT2D eigenvalue weighted by Gasteiger charge is 2.17. The SMILES string of the molecule is O=S(=O)(Cl)c1ccc(OCCF)c2cccnc12. The highest BCUT2D eigenvalue weighted by molar-refractivity contribution is 8.14. The number of pyridine rings is 1. The second-order valence-electron chi connectivity index (χ2n) is 3.44. The van der Waals surface area contributed by atoms with Crippen molar-refractivity contribution < 1.29 is 17.5 Å². The van der Waals surface area contributed by atoms with Gasteiger partial charge < -0.3 is 4.74 Å². The van der Waals surface area contributed by atoms with E-state index in [-0.39, 0.29) is 17.0 Å². The van der Waals surface area contributed by atoms with Crippen LogP contribution in [0.1, 0.15) is 0 Å². The van der Waals surface area contributed by atoms with E-state index in [2.05, 4.69) is 4.98 Å². The summed E-state index contributed by atoms with van der Waals surface area (Å²) in [5.74, 6) is 0.375. The number of ether oxygens (including phenoxy) is 1. The van der Waals surface area contributed by atoms with E-state index in [9.17, 15) is 12.8 Å². The lowest BCUT2D eigenvalue weighted by Gasteiger charge is -2.09. The first-order valence-electron chi connectivity index (χ1n) is 5.05. The summed E-state index contributed by atoms with van der Waals surface area (Å²) in [7, 11) is 1.44. The minimum absolute atomic E-state index is 0.0904. The van der Waals surface area contributed by atoms with E-state index in [1.54, 1.807) is 12.1 Å². The number of hydrogen-bond acceptors (Lipinski definition) is 4. The molecule has 0 spiro atoms. The number of hydrogen-bond donors (Lipinski definition) is 0. The van der Waals surface area contributed by atoms with Gasteiger partial charge in [0.05, 0.1) is 5.52 Å². The van der Waals surface area contributed by atoms with Gasteiger partial charge in [0.15, 0.2) is 0 Å². The van der Waals surface area contributed by atoms with Crippen LogP contribution in [0.5, 0.6) is 5.75 Å². The first-order valence-corrected chi connectivity index (χ1v) is 7.36. The lowest BCUT2D eigenvalue weighted by molar-refractivity contribution is 0.276. The molecule has 4 nitrogen and oxygen atoms in total. The third-order valence-corrected chi connectivity index (χ3v) is 3.64. The molecule has 0 amide bonds. The number of nitrogens with zero attached hydrogens (tertiary/aromatic N) is 1. The molecular formula is C11H9ClFNO3S. The Morgan fingerprint density at radius 3 is 2.78 bits per heavy atom. The third kappa shape index (κ3) is 2.54. The van der Waals surface area contributed by atoms with Crippen LogP contribution in [-0.4, -0.2) is 26.7 Å². The molecule has 0 bridgehead atoms. The van der Waals surface area contributed by atoms with Crippen LogP contribution >= 0.6 is 10.7 Å². The minimum Gasteiger partial charge on any atom is -0.490 e. The van der Waals surface area contributed by atoms with Gasteiger partial charge in [-0.15, -0.1) is 0 Å². The fraction of sp³-hybridized carbons (Fsp3) is 0.182. The van der Waals surface area contributed by atoms with E-state index in [4.69, 9.17) is 15.4 Å². The smallest absolute Gasteiger partial charge is 0.263 e. The van der Waals surface area contributed by atoms with Crippen molar-refractivity contribution in [1.82, 2.24) is 4.98 Å². The number of fused-ring (bicyclic) bond motifs is 1. The normalized spacial score (nSPS) is 11.7. The fourth-order valence-electron chi connectivity index (χ4n) is 1.59. The molecule has 0 saturated heterocycles. The quantitative estimate of drug-likeness (QED) is 0.812. The van der Waals surface area contributed by atoms with Gasteiger partial charge >= 0.3 is 0 Å².